The van der Waals surface area contributed by atoms with Crippen molar-refractivity contribution in [3.8, 4) is 5.69 Å². The maximum Gasteiger partial charge on any atom is 0.0763 e. The van der Waals surface area contributed by atoms with Gasteiger partial charge in [0.15, 0.2) is 0 Å². The molecule has 98 valence electrons. The molecule has 3 heteroatoms. The van der Waals surface area contributed by atoms with Crippen LogP contribution in [0.3, 0.4) is 0 Å². The quantitative estimate of drug-likeness (QED) is 0.463. The predicted molar refractivity (Wildman–Crippen MR) is 92.2 cm³/mol. The largest absolute Gasteiger partial charge is 0.323 e. The van der Waals surface area contributed by atoms with Gasteiger partial charge in [-0.2, -0.15) is 0 Å². The first-order valence-corrected chi connectivity index (χ1v) is 7.43. The Balaban J connectivity index is 1.83. The van der Waals surface area contributed by atoms with Crippen molar-refractivity contribution in [2.75, 3.05) is 0 Å². The lowest BCUT2D eigenvalue weighted by Crippen LogP contribution is -1.88. The van der Waals surface area contributed by atoms with E-state index in [1.165, 1.54) is 0 Å². The van der Waals surface area contributed by atoms with Gasteiger partial charge in [0, 0.05) is 33.4 Å². The van der Waals surface area contributed by atoms with Gasteiger partial charge in [0.2, 0.25) is 0 Å². The molecule has 0 aliphatic carbocycles. The number of aliphatic imine (C=N–C) groups is 1. The summed E-state index contributed by atoms with van der Waals surface area (Å²) in [5.74, 6) is 0. The van der Waals surface area contributed by atoms with Crippen LogP contribution in [-0.4, -0.2) is 10.8 Å². The molecule has 0 aliphatic rings. The third kappa shape index (κ3) is 2.99. The number of hydrogen-bond donors (Lipinski definition) is 0. The molecular formula is C17H13IN2. The van der Waals surface area contributed by atoms with Gasteiger partial charge < -0.3 is 4.57 Å². The second-order valence-corrected chi connectivity index (χ2v) is 5.56. The van der Waals surface area contributed by atoms with Gasteiger partial charge in [-0.3, -0.25) is 4.99 Å². The molecule has 2 aromatic carbocycles. The molecule has 20 heavy (non-hydrogen) atoms. The van der Waals surface area contributed by atoms with E-state index in [2.05, 4.69) is 62.6 Å². The smallest absolute Gasteiger partial charge is 0.0763 e. The molecule has 0 amide bonds. The zero-order valence-electron chi connectivity index (χ0n) is 10.8. The molecule has 0 aliphatic heterocycles. The van der Waals surface area contributed by atoms with Crippen LogP contribution in [0.25, 0.3) is 5.69 Å². The van der Waals surface area contributed by atoms with Crippen molar-refractivity contribution in [3.05, 3.63) is 82.2 Å². The standard InChI is InChI=1S/C17H13IN2/c18-16-8-4-5-9-17(16)19-12-14-10-11-20(13-14)15-6-2-1-3-7-15/h1-13H. The van der Waals surface area contributed by atoms with E-state index < -0.39 is 0 Å². The Bertz CT molecular complexity index is 730. The first kappa shape index (κ1) is 13.1. The van der Waals surface area contributed by atoms with E-state index in [0.717, 1.165) is 20.5 Å². The number of benzene rings is 2. The molecule has 1 aromatic heterocycles. The van der Waals surface area contributed by atoms with Crippen LogP contribution in [-0.2, 0) is 0 Å². The average molecular weight is 372 g/mol. The molecule has 0 radical (unpaired) electrons. The van der Waals surface area contributed by atoms with Crippen molar-refractivity contribution in [2.45, 2.75) is 0 Å². The second kappa shape index (κ2) is 6.05. The first-order chi connectivity index (χ1) is 9.83. The molecule has 0 bridgehead atoms. The summed E-state index contributed by atoms with van der Waals surface area (Å²) in [5.41, 5.74) is 3.25. The van der Waals surface area contributed by atoms with Gasteiger partial charge in [0.25, 0.3) is 0 Å². The fourth-order valence-corrected chi connectivity index (χ4v) is 2.48. The van der Waals surface area contributed by atoms with E-state index in [0.29, 0.717) is 0 Å². The number of rotatable bonds is 3. The van der Waals surface area contributed by atoms with Crippen LogP contribution in [0.2, 0.25) is 0 Å². The normalized spacial score (nSPS) is 11.1. The van der Waals surface area contributed by atoms with Gasteiger partial charge in [-0.1, -0.05) is 30.3 Å². The third-order valence-electron chi connectivity index (χ3n) is 2.98. The van der Waals surface area contributed by atoms with Crippen molar-refractivity contribution < 1.29 is 0 Å². The van der Waals surface area contributed by atoms with Crippen LogP contribution >= 0.6 is 22.6 Å². The Labute approximate surface area is 131 Å². The minimum atomic E-state index is 1.00. The summed E-state index contributed by atoms with van der Waals surface area (Å²) >= 11 is 2.30. The van der Waals surface area contributed by atoms with Crippen LogP contribution in [0.15, 0.2) is 78.0 Å². The van der Waals surface area contributed by atoms with Crippen LogP contribution < -0.4 is 0 Å². The molecule has 1 heterocycles. The lowest BCUT2D eigenvalue weighted by molar-refractivity contribution is 1.08. The van der Waals surface area contributed by atoms with E-state index in [1.807, 2.05) is 48.8 Å². The molecule has 2 nitrogen and oxygen atoms in total. The minimum Gasteiger partial charge on any atom is -0.323 e. The van der Waals surface area contributed by atoms with Crippen molar-refractivity contribution in [2.24, 2.45) is 4.99 Å². The number of aromatic nitrogens is 1. The van der Waals surface area contributed by atoms with E-state index >= 15 is 0 Å². The van der Waals surface area contributed by atoms with E-state index in [4.69, 9.17) is 0 Å². The molecule has 0 unspecified atom stereocenters. The van der Waals surface area contributed by atoms with Gasteiger partial charge >= 0.3 is 0 Å². The van der Waals surface area contributed by atoms with Gasteiger partial charge in [0.1, 0.15) is 0 Å². The monoisotopic (exact) mass is 372 g/mol. The van der Waals surface area contributed by atoms with Crippen LogP contribution in [0.5, 0.6) is 0 Å². The molecule has 3 rings (SSSR count). The Morgan fingerprint density at radius 2 is 1.65 bits per heavy atom. The van der Waals surface area contributed by atoms with E-state index in [1.54, 1.807) is 0 Å². The number of nitrogens with zero attached hydrogens (tertiary/aromatic N) is 2. The summed E-state index contributed by atoms with van der Waals surface area (Å²) in [5, 5.41) is 0. The minimum absolute atomic E-state index is 1.00. The van der Waals surface area contributed by atoms with Crippen LogP contribution in [0.4, 0.5) is 5.69 Å². The van der Waals surface area contributed by atoms with E-state index in [-0.39, 0.29) is 0 Å². The summed E-state index contributed by atoms with van der Waals surface area (Å²) < 4.78 is 3.25. The van der Waals surface area contributed by atoms with Crippen molar-refractivity contribution in [3.63, 3.8) is 0 Å². The lowest BCUT2D eigenvalue weighted by Gasteiger charge is -2.00. The first-order valence-electron chi connectivity index (χ1n) is 6.35. The summed E-state index contributed by atoms with van der Waals surface area (Å²) in [7, 11) is 0. The Morgan fingerprint density at radius 1 is 0.900 bits per heavy atom. The summed E-state index contributed by atoms with van der Waals surface area (Å²) in [4.78, 5) is 4.54. The zero-order chi connectivity index (χ0) is 13.8. The van der Waals surface area contributed by atoms with Crippen LogP contribution in [0.1, 0.15) is 5.56 Å². The summed E-state index contributed by atoms with van der Waals surface area (Å²) in [6.45, 7) is 0. The maximum absolute atomic E-state index is 4.54. The zero-order valence-corrected chi connectivity index (χ0v) is 12.9. The highest BCUT2D eigenvalue weighted by atomic mass is 127. The Kier molecular flexibility index (Phi) is 3.97. The SMILES string of the molecule is Ic1ccccc1N=Cc1ccn(-c2ccccc2)c1. The molecule has 0 fully saturated rings. The van der Waals surface area contributed by atoms with Gasteiger partial charge in [-0.05, 0) is 52.9 Å². The summed E-state index contributed by atoms with van der Waals surface area (Å²) in [6, 6.07) is 20.4. The van der Waals surface area contributed by atoms with Gasteiger partial charge in [0.05, 0.1) is 5.69 Å². The van der Waals surface area contributed by atoms with Gasteiger partial charge in [-0.15, -0.1) is 0 Å². The Hall–Kier alpha value is -1.88. The number of para-hydroxylation sites is 2. The molecule has 0 N–H and O–H groups in total. The molecule has 0 atom stereocenters. The number of halogens is 1. The van der Waals surface area contributed by atoms with Crippen molar-refractivity contribution in [1.29, 1.82) is 0 Å². The van der Waals surface area contributed by atoms with E-state index in [9.17, 15) is 0 Å². The molecule has 0 saturated heterocycles. The molecule has 0 saturated carbocycles. The fraction of sp³-hybridized carbons (Fsp3) is 0. The topological polar surface area (TPSA) is 17.3 Å². The second-order valence-electron chi connectivity index (χ2n) is 4.40. The van der Waals surface area contributed by atoms with Crippen molar-refractivity contribution in [1.82, 2.24) is 4.57 Å². The molecule has 0 spiro atoms. The highest BCUT2D eigenvalue weighted by Gasteiger charge is 1.98. The lowest BCUT2D eigenvalue weighted by atomic mass is 10.3. The number of hydrogen-bond acceptors (Lipinski definition) is 1. The molecule has 3 aromatic rings. The average Bonchev–Trinajstić information content (AvgIpc) is 2.96. The highest BCUT2D eigenvalue weighted by Crippen LogP contribution is 2.20. The van der Waals surface area contributed by atoms with Gasteiger partial charge in [-0.25, -0.2) is 0 Å². The molecular weight excluding hydrogens is 359 g/mol. The predicted octanol–water partition coefficient (Wildman–Crippen LogP) is 4.83. The summed E-state index contributed by atoms with van der Waals surface area (Å²) in [6.07, 6.45) is 6.03. The fourth-order valence-electron chi connectivity index (χ4n) is 1.95. The van der Waals surface area contributed by atoms with Crippen molar-refractivity contribution >= 4 is 34.5 Å². The maximum atomic E-state index is 4.54. The Morgan fingerprint density at radius 3 is 2.45 bits per heavy atom. The van der Waals surface area contributed by atoms with Crippen LogP contribution in [0, 0.1) is 3.57 Å². The highest BCUT2D eigenvalue weighted by molar-refractivity contribution is 14.1. The third-order valence-corrected chi connectivity index (χ3v) is 3.89.